The molecule has 5 atom stereocenters. The van der Waals surface area contributed by atoms with Crippen LogP contribution in [0, 0.1) is 20.8 Å². The van der Waals surface area contributed by atoms with Gasteiger partial charge >= 0.3 is 23.9 Å². The van der Waals surface area contributed by atoms with Crippen LogP contribution in [0.25, 0.3) is 0 Å². The molecule has 1 N–H and O–H groups in total. The zero-order chi connectivity index (χ0) is 25.7. The van der Waals surface area contributed by atoms with Gasteiger partial charge in [-0.3, -0.25) is 19.2 Å². The van der Waals surface area contributed by atoms with E-state index in [1.165, 1.54) is 6.92 Å². The lowest BCUT2D eigenvalue weighted by atomic mass is 9.97. The first-order valence-electron chi connectivity index (χ1n) is 10.6. The minimum absolute atomic E-state index is 0.103. The second-order valence-electron chi connectivity index (χ2n) is 7.98. The molecule has 1 aliphatic rings. The van der Waals surface area contributed by atoms with Crippen LogP contribution < -0.4 is 4.74 Å². The molecular weight excluding hydrogens is 452 g/mol. The fraction of sp³-hybridized carbons (Fsp3) is 0.565. The number of carbonyl (C=O) groups excluding carboxylic acids is 4. The Labute approximate surface area is 197 Å². The van der Waals surface area contributed by atoms with E-state index in [9.17, 15) is 24.3 Å². The topological polar surface area (TPSA) is 144 Å². The van der Waals surface area contributed by atoms with Gasteiger partial charge in [-0.1, -0.05) is 0 Å². The molecule has 1 saturated heterocycles. The molecule has 11 nitrogen and oxygen atoms in total. The molecule has 0 bridgehead atoms. The minimum Gasteiger partial charge on any atom is -0.507 e. The zero-order valence-corrected chi connectivity index (χ0v) is 20.2. The summed E-state index contributed by atoms with van der Waals surface area (Å²) >= 11 is 0. The third-order valence-electron chi connectivity index (χ3n) is 5.20. The Kier molecular flexibility index (Phi) is 8.86. The first-order valence-corrected chi connectivity index (χ1v) is 10.6. The first kappa shape index (κ1) is 26.9. The molecule has 1 aliphatic heterocycles. The van der Waals surface area contributed by atoms with Crippen LogP contribution in [-0.2, 0) is 42.9 Å². The maximum Gasteiger partial charge on any atom is 0.303 e. The second kappa shape index (κ2) is 11.2. The molecular formula is C23H30O11. The van der Waals surface area contributed by atoms with Gasteiger partial charge in [0, 0.05) is 27.7 Å². The maximum absolute atomic E-state index is 11.9. The molecule has 0 aliphatic carbocycles. The van der Waals surface area contributed by atoms with Gasteiger partial charge in [0.15, 0.2) is 12.2 Å². The molecule has 2 rings (SSSR count). The van der Waals surface area contributed by atoms with E-state index < -0.39 is 54.6 Å². The molecule has 1 heterocycles. The van der Waals surface area contributed by atoms with Gasteiger partial charge in [-0.05, 0) is 43.5 Å². The number of hydrogen-bond donors (Lipinski definition) is 1. The molecule has 1 fully saturated rings. The molecule has 188 valence electrons. The van der Waals surface area contributed by atoms with Crippen molar-refractivity contribution >= 4 is 23.9 Å². The number of hydrogen-bond acceptors (Lipinski definition) is 11. The summed E-state index contributed by atoms with van der Waals surface area (Å²) in [4.78, 5) is 47.0. The first-order chi connectivity index (χ1) is 15.8. The predicted octanol–water partition coefficient (Wildman–Crippen LogP) is 1.78. The lowest BCUT2D eigenvalue weighted by Gasteiger charge is -2.44. The Morgan fingerprint density at radius 3 is 1.88 bits per heavy atom. The molecule has 34 heavy (non-hydrogen) atoms. The van der Waals surface area contributed by atoms with Crippen molar-refractivity contribution in [2.75, 3.05) is 6.61 Å². The smallest absolute Gasteiger partial charge is 0.303 e. The van der Waals surface area contributed by atoms with Crippen molar-refractivity contribution in [3.05, 3.63) is 22.8 Å². The van der Waals surface area contributed by atoms with Gasteiger partial charge in [-0.15, -0.1) is 0 Å². The Hall–Kier alpha value is -3.34. The normalized spacial score (nSPS) is 24.0. The van der Waals surface area contributed by atoms with Crippen molar-refractivity contribution < 1.29 is 52.7 Å². The summed E-state index contributed by atoms with van der Waals surface area (Å²) < 4.78 is 33.1. The van der Waals surface area contributed by atoms with Crippen LogP contribution in [0.1, 0.15) is 44.4 Å². The SMILES string of the molecule is CC(=O)OC[C@H]1O[C@@H](Oc2cc(C)c(O)c(C)c2C)[C@H](OC(C)=O)[C@@H](OC(C)=O)[C@H]1OC(C)=O. The Bertz CT molecular complexity index is 955. The largest absolute Gasteiger partial charge is 0.507 e. The van der Waals surface area contributed by atoms with E-state index in [1.54, 1.807) is 26.8 Å². The van der Waals surface area contributed by atoms with Crippen LogP contribution in [0.3, 0.4) is 0 Å². The molecule has 0 radical (unpaired) electrons. The van der Waals surface area contributed by atoms with Crippen LogP contribution in [0.15, 0.2) is 6.07 Å². The molecule has 0 amide bonds. The van der Waals surface area contributed by atoms with Crippen LogP contribution >= 0.6 is 0 Å². The van der Waals surface area contributed by atoms with Gasteiger partial charge in [0.25, 0.3) is 0 Å². The van der Waals surface area contributed by atoms with Gasteiger partial charge in [0.2, 0.25) is 12.4 Å². The second-order valence-corrected chi connectivity index (χ2v) is 7.98. The van der Waals surface area contributed by atoms with E-state index in [0.29, 0.717) is 22.4 Å². The number of phenols is 1. The molecule has 0 saturated carbocycles. The summed E-state index contributed by atoms with van der Waals surface area (Å²) in [6, 6.07) is 1.58. The number of aryl methyl sites for hydroxylation is 1. The van der Waals surface area contributed by atoms with Crippen molar-refractivity contribution in [1.29, 1.82) is 0 Å². The third-order valence-corrected chi connectivity index (χ3v) is 5.20. The van der Waals surface area contributed by atoms with E-state index in [-0.39, 0.29) is 12.4 Å². The number of esters is 4. The van der Waals surface area contributed by atoms with Crippen molar-refractivity contribution in [2.24, 2.45) is 0 Å². The summed E-state index contributed by atoms with van der Waals surface area (Å²) in [5.41, 5.74) is 1.69. The van der Waals surface area contributed by atoms with E-state index in [4.69, 9.17) is 28.4 Å². The fourth-order valence-electron chi connectivity index (χ4n) is 3.56. The van der Waals surface area contributed by atoms with E-state index >= 15 is 0 Å². The zero-order valence-electron chi connectivity index (χ0n) is 20.2. The van der Waals surface area contributed by atoms with Crippen LogP contribution in [0.2, 0.25) is 0 Å². The number of phenolic OH excluding ortho intramolecular Hbond substituents is 1. The van der Waals surface area contributed by atoms with Gasteiger partial charge in [-0.2, -0.15) is 0 Å². The van der Waals surface area contributed by atoms with Gasteiger partial charge in [0.05, 0.1) is 0 Å². The number of aromatic hydroxyl groups is 1. The maximum atomic E-state index is 11.9. The highest BCUT2D eigenvalue weighted by Gasteiger charge is 2.53. The number of benzene rings is 1. The molecule has 1 aromatic rings. The number of carbonyl (C=O) groups is 4. The average Bonchev–Trinajstić information content (AvgIpc) is 2.72. The van der Waals surface area contributed by atoms with E-state index in [0.717, 1.165) is 20.8 Å². The minimum atomic E-state index is -1.34. The van der Waals surface area contributed by atoms with E-state index in [2.05, 4.69) is 0 Å². The standard InChI is InChI=1S/C23H30O11/c1-10-8-17(11(2)12(3)19(10)28)33-23-22(32-16(7)27)21(31-15(6)26)20(30-14(5)25)18(34-23)9-29-13(4)24/h8,18,20-23,28H,9H2,1-7H3/t18-,20+,21+,22-,23-/m1/s1. The highest BCUT2D eigenvalue weighted by atomic mass is 16.7. The van der Waals surface area contributed by atoms with Crippen LogP contribution in [0.5, 0.6) is 11.5 Å². The number of ether oxygens (including phenoxy) is 6. The summed E-state index contributed by atoms with van der Waals surface area (Å²) in [6.07, 6.45) is -6.40. The van der Waals surface area contributed by atoms with Crippen LogP contribution in [0.4, 0.5) is 0 Å². The highest BCUT2D eigenvalue weighted by Crippen LogP contribution is 2.36. The quantitative estimate of drug-likeness (QED) is 0.448. The summed E-state index contributed by atoms with van der Waals surface area (Å²) in [7, 11) is 0. The predicted molar refractivity (Wildman–Crippen MR) is 115 cm³/mol. The van der Waals surface area contributed by atoms with E-state index in [1.807, 2.05) is 0 Å². The monoisotopic (exact) mass is 482 g/mol. The summed E-state index contributed by atoms with van der Waals surface area (Å²) in [5.74, 6) is -2.39. The average molecular weight is 482 g/mol. The van der Waals surface area contributed by atoms with Crippen molar-refractivity contribution in [3.63, 3.8) is 0 Å². The Morgan fingerprint density at radius 2 is 1.35 bits per heavy atom. The highest BCUT2D eigenvalue weighted by molar-refractivity contribution is 5.68. The van der Waals surface area contributed by atoms with Crippen molar-refractivity contribution in [1.82, 2.24) is 0 Å². The van der Waals surface area contributed by atoms with Gasteiger partial charge < -0.3 is 33.5 Å². The Morgan fingerprint density at radius 1 is 0.824 bits per heavy atom. The molecule has 0 aromatic heterocycles. The third kappa shape index (κ3) is 6.60. The molecule has 1 aromatic carbocycles. The van der Waals surface area contributed by atoms with Gasteiger partial charge in [0.1, 0.15) is 24.2 Å². The van der Waals surface area contributed by atoms with Crippen molar-refractivity contribution in [2.45, 2.75) is 79.2 Å². The lowest BCUT2D eigenvalue weighted by Crippen LogP contribution is -2.63. The summed E-state index contributed by atoms with van der Waals surface area (Å²) in [6.45, 7) is 9.36. The molecule has 11 heteroatoms. The Balaban J connectivity index is 2.55. The lowest BCUT2D eigenvalue weighted by molar-refractivity contribution is -0.288. The number of rotatable bonds is 7. The van der Waals surface area contributed by atoms with Crippen molar-refractivity contribution in [3.8, 4) is 11.5 Å². The fourth-order valence-corrected chi connectivity index (χ4v) is 3.56. The summed E-state index contributed by atoms with van der Waals surface area (Å²) in [5, 5.41) is 10.2. The van der Waals surface area contributed by atoms with Gasteiger partial charge in [-0.25, -0.2) is 0 Å². The van der Waals surface area contributed by atoms with Crippen LogP contribution in [-0.4, -0.2) is 66.3 Å². The molecule has 0 unspecified atom stereocenters. The molecule has 0 spiro atoms.